The van der Waals surface area contributed by atoms with Gasteiger partial charge in [0.1, 0.15) is 11.5 Å². The summed E-state index contributed by atoms with van der Waals surface area (Å²) in [6.07, 6.45) is 5.59. The number of nitrogens with zero attached hydrogens (tertiary/aromatic N) is 2. The number of hydrogen-bond acceptors (Lipinski definition) is 4. The van der Waals surface area contributed by atoms with Gasteiger partial charge in [0.05, 0.1) is 11.2 Å². The van der Waals surface area contributed by atoms with Crippen molar-refractivity contribution < 1.29 is 4.74 Å². The zero-order valence-corrected chi connectivity index (χ0v) is 20.9. The van der Waals surface area contributed by atoms with Crippen molar-refractivity contribution in [1.82, 2.24) is 9.97 Å². The van der Waals surface area contributed by atoms with Crippen LogP contribution in [-0.2, 0) is 0 Å². The lowest BCUT2D eigenvalue weighted by molar-refractivity contribution is 0.453. The van der Waals surface area contributed by atoms with Crippen molar-refractivity contribution in [2.45, 2.75) is 20.8 Å². The molecule has 0 unspecified atom stereocenters. The van der Waals surface area contributed by atoms with Crippen molar-refractivity contribution in [3.8, 4) is 16.9 Å². The van der Waals surface area contributed by atoms with Gasteiger partial charge in [-0.05, 0) is 79.8 Å². The van der Waals surface area contributed by atoms with Crippen LogP contribution in [0, 0.1) is 0 Å². The van der Waals surface area contributed by atoms with E-state index in [1.165, 1.54) is 21.2 Å². The van der Waals surface area contributed by atoms with Crippen LogP contribution in [0.2, 0.25) is 0 Å². The highest BCUT2D eigenvalue weighted by Gasteiger charge is 2.14. The number of thiophene rings is 1. The normalized spacial score (nSPS) is 11.6. The Hall–Kier alpha value is -4.02. The molecule has 0 fully saturated rings. The van der Waals surface area contributed by atoms with Crippen molar-refractivity contribution in [3.05, 3.63) is 120 Å². The topological polar surface area (TPSA) is 35.0 Å². The number of rotatable bonds is 6. The summed E-state index contributed by atoms with van der Waals surface area (Å²) >= 11 is 1.76. The minimum absolute atomic E-state index is 0.668. The van der Waals surface area contributed by atoms with Gasteiger partial charge in [0, 0.05) is 39.0 Å². The fourth-order valence-electron chi connectivity index (χ4n) is 3.88. The van der Waals surface area contributed by atoms with Gasteiger partial charge < -0.3 is 4.74 Å². The Labute approximate surface area is 209 Å². The van der Waals surface area contributed by atoms with Crippen molar-refractivity contribution in [1.29, 1.82) is 0 Å². The maximum atomic E-state index is 6.57. The molecule has 5 rings (SSSR count). The summed E-state index contributed by atoms with van der Waals surface area (Å²) in [6.45, 7) is 10.6. The summed E-state index contributed by atoms with van der Waals surface area (Å²) in [6, 6.07) is 22.6. The summed E-state index contributed by atoms with van der Waals surface area (Å²) in [4.78, 5) is 9.07. The lowest BCUT2D eigenvalue weighted by Crippen LogP contribution is -2.01. The molecule has 172 valence electrons. The molecular formula is C31H26N2OS. The van der Waals surface area contributed by atoms with Gasteiger partial charge in [-0.1, -0.05) is 42.5 Å². The van der Waals surface area contributed by atoms with Gasteiger partial charge in [-0.3, -0.25) is 9.97 Å². The molecule has 3 heterocycles. The Morgan fingerprint density at radius 3 is 2.51 bits per heavy atom. The summed E-state index contributed by atoms with van der Waals surface area (Å²) in [7, 11) is 0. The monoisotopic (exact) mass is 474 g/mol. The van der Waals surface area contributed by atoms with Gasteiger partial charge in [-0.2, -0.15) is 0 Å². The molecule has 0 saturated carbocycles. The second-order valence-electron chi connectivity index (χ2n) is 8.67. The van der Waals surface area contributed by atoms with E-state index in [-0.39, 0.29) is 0 Å². The summed E-state index contributed by atoms with van der Waals surface area (Å²) in [5, 5.41) is 4.43. The molecule has 5 aromatic rings. The predicted octanol–water partition coefficient (Wildman–Crippen LogP) is 8.84. The van der Waals surface area contributed by atoms with E-state index >= 15 is 0 Å². The van der Waals surface area contributed by atoms with Crippen molar-refractivity contribution in [2.24, 2.45) is 0 Å². The van der Waals surface area contributed by atoms with Crippen molar-refractivity contribution >= 4 is 37.9 Å². The van der Waals surface area contributed by atoms with Crippen LogP contribution in [0.3, 0.4) is 0 Å². The molecule has 0 amide bonds. The summed E-state index contributed by atoms with van der Waals surface area (Å²) < 4.78 is 7.85. The van der Waals surface area contributed by atoms with Gasteiger partial charge in [-0.15, -0.1) is 11.3 Å². The van der Waals surface area contributed by atoms with E-state index in [2.05, 4.69) is 85.2 Å². The minimum atomic E-state index is 0.668. The van der Waals surface area contributed by atoms with Gasteiger partial charge in [0.25, 0.3) is 0 Å². The van der Waals surface area contributed by atoms with Crippen molar-refractivity contribution in [3.63, 3.8) is 0 Å². The summed E-state index contributed by atoms with van der Waals surface area (Å²) in [5.41, 5.74) is 7.10. The van der Waals surface area contributed by atoms with Gasteiger partial charge in [-0.25, -0.2) is 0 Å². The van der Waals surface area contributed by atoms with E-state index in [1.54, 1.807) is 23.7 Å². The number of allylic oxidation sites excluding steroid dienone is 4. The average molecular weight is 475 g/mol. The maximum Gasteiger partial charge on any atom is 0.138 e. The first kappa shape index (κ1) is 22.8. The van der Waals surface area contributed by atoms with Crippen LogP contribution in [0.15, 0.2) is 114 Å². The van der Waals surface area contributed by atoms with E-state index in [9.17, 15) is 0 Å². The van der Waals surface area contributed by atoms with Crippen LogP contribution in [0.1, 0.15) is 26.5 Å². The van der Waals surface area contributed by atoms with E-state index in [1.807, 2.05) is 30.3 Å². The quantitative estimate of drug-likeness (QED) is 0.182. The minimum Gasteiger partial charge on any atom is -0.456 e. The third-order valence-electron chi connectivity index (χ3n) is 6.12. The highest BCUT2D eigenvalue weighted by Crippen LogP contribution is 2.37. The molecule has 0 N–H and O–H groups in total. The fourth-order valence-corrected chi connectivity index (χ4v) is 4.85. The Bertz CT molecular complexity index is 1610. The Morgan fingerprint density at radius 2 is 1.71 bits per heavy atom. The number of fused-ring (bicyclic) bond motifs is 2. The molecule has 0 aliphatic carbocycles. The predicted molar refractivity (Wildman–Crippen MR) is 149 cm³/mol. The first-order valence-electron chi connectivity index (χ1n) is 11.5. The molecular weight excluding hydrogens is 448 g/mol. The smallest absolute Gasteiger partial charge is 0.138 e. The first-order chi connectivity index (χ1) is 17.0. The first-order valence-corrected chi connectivity index (χ1v) is 12.4. The second kappa shape index (κ2) is 9.69. The van der Waals surface area contributed by atoms with Crippen LogP contribution < -0.4 is 4.74 Å². The van der Waals surface area contributed by atoms with Crippen LogP contribution in [0.5, 0.6) is 5.75 Å². The summed E-state index contributed by atoms with van der Waals surface area (Å²) in [5.74, 6) is 1.41. The van der Waals surface area contributed by atoms with Crippen LogP contribution in [0.4, 0.5) is 0 Å². The number of pyridine rings is 2. The lowest BCUT2D eigenvalue weighted by Gasteiger charge is -2.15. The van der Waals surface area contributed by atoms with Gasteiger partial charge >= 0.3 is 0 Å². The fraction of sp³-hybridized carbons (Fsp3) is 0.0968. The van der Waals surface area contributed by atoms with E-state index in [4.69, 9.17) is 4.74 Å². The Morgan fingerprint density at radius 1 is 0.886 bits per heavy atom. The molecule has 3 aromatic heterocycles. The van der Waals surface area contributed by atoms with Gasteiger partial charge in [0.15, 0.2) is 0 Å². The zero-order valence-electron chi connectivity index (χ0n) is 20.1. The van der Waals surface area contributed by atoms with E-state index < -0.39 is 0 Å². The zero-order chi connectivity index (χ0) is 24.4. The highest BCUT2D eigenvalue weighted by molar-refractivity contribution is 7.17. The Kier molecular flexibility index (Phi) is 6.30. The number of aromatic nitrogens is 2. The number of benzene rings is 2. The largest absolute Gasteiger partial charge is 0.456 e. The van der Waals surface area contributed by atoms with Crippen LogP contribution in [-0.4, -0.2) is 9.97 Å². The molecule has 0 aliphatic rings. The molecule has 0 saturated heterocycles. The molecule has 2 aromatic carbocycles. The Balaban J connectivity index is 1.61. The number of hydrogen-bond donors (Lipinski definition) is 0. The second-order valence-corrected chi connectivity index (χ2v) is 9.58. The standard InChI is InChI=1S/C31H26N2OS/c1-20(2)21(3)17-30(22(4)27-10-7-8-15-32-27)34-29-14-16-33-28-13-12-23(18-25(28)29)26-19-35-31-11-6-5-9-24(26)31/h5-19H,4H2,1-3H3/b30-17+. The highest BCUT2D eigenvalue weighted by atomic mass is 32.1. The van der Waals surface area contributed by atoms with E-state index in [0.717, 1.165) is 39.1 Å². The molecule has 0 spiro atoms. The van der Waals surface area contributed by atoms with Crippen molar-refractivity contribution in [2.75, 3.05) is 0 Å². The molecule has 4 heteroatoms. The van der Waals surface area contributed by atoms with Crippen LogP contribution >= 0.6 is 11.3 Å². The molecule has 0 aliphatic heterocycles. The SMILES string of the molecule is C=C(/C(=C\C(C)=C(C)C)Oc1ccnc2ccc(-c3csc4ccccc34)cc12)c1ccccn1. The molecule has 35 heavy (non-hydrogen) atoms. The lowest BCUT2D eigenvalue weighted by atomic mass is 10.0. The van der Waals surface area contributed by atoms with Gasteiger partial charge in [0.2, 0.25) is 0 Å². The molecule has 0 atom stereocenters. The molecule has 0 radical (unpaired) electrons. The molecule has 0 bridgehead atoms. The van der Waals surface area contributed by atoms with E-state index in [0.29, 0.717) is 5.76 Å². The maximum absolute atomic E-state index is 6.57. The third-order valence-corrected chi connectivity index (χ3v) is 7.08. The third kappa shape index (κ3) is 4.66. The average Bonchev–Trinajstić information content (AvgIpc) is 3.32. The van der Waals surface area contributed by atoms with Crippen LogP contribution in [0.25, 0.3) is 37.7 Å². The number of ether oxygens (including phenoxy) is 1. The molecule has 3 nitrogen and oxygen atoms in total.